The quantitative estimate of drug-likeness (QED) is 0.634. The molecule has 0 aliphatic heterocycles. The molecule has 3 N–H and O–H groups in total. The summed E-state index contributed by atoms with van der Waals surface area (Å²) in [6, 6.07) is 6.07. The van der Waals surface area contributed by atoms with E-state index in [2.05, 4.69) is 5.32 Å². The number of aliphatic hydroxyl groups excluding tert-OH is 2. The van der Waals surface area contributed by atoms with Gasteiger partial charge in [0, 0.05) is 13.1 Å². The smallest absolute Gasteiger partial charge is 0.165 e. The molecule has 0 bridgehead atoms. The highest BCUT2D eigenvalue weighted by Gasteiger charge is 2.08. The van der Waals surface area contributed by atoms with E-state index >= 15 is 0 Å². The molecule has 1 aromatic carbocycles. The topological polar surface area (TPSA) is 61.7 Å². The molecule has 0 aliphatic carbocycles. The minimum absolute atomic E-state index is 0.0117. The molecule has 0 saturated carbocycles. The van der Waals surface area contributed by atoms with Gasteiger partial charge in [-0.2, -0.15) is 0 Å². The van der Waals surface area contributed by atoms with Crippen molar-refractivity contribution in [3.05, 3.63) is 30.1 Å². The molecule has 5 heteroatoms. The van der Waals surface area contributed by atoms with Crippen LogP contribution in [0, 0.1) is 5.82 Å². The van der Waals surface area contributed by atoms with Crippen molar-refractivity contribution in [3.63, 3.8) is 0 Å². The molecule has 0 aliphatic rings. The third kappa shape index (κ3) is 6.52. The van der Waals surface area contributed by atoms with E-state index < -0.39 is 18.0 Å². The Bertz CT molecular complexity index is 362. The Balaban J connectivity index is 2.18. The van der Waals surface area contributed by atoms with Crippen LogP contribution in [-0.2, 0) is 0 Å². The molecular formula is C14H22FNO3. The second kappa shape index (κ2) is 8.85. The van der Waals surface area contributed by atoms with Crippen LogP contribution >= 0.6 is 0 Å². The van der Waals surface area contributed by atoms with Crippen molar-refractivity contribution in [2.45, 2.75) is 32.0 Å². The summed E-state index contributed by atoms with van der Waals surface area (Å²) in [7, 11) is 0. The van der Waals surface area contributed by atoms with Crippen LogP contribution in [0.25, 0.3) is 0 Å². The average Bonchev–Trinajstić information content (AvgIpc) is 2.38. The van der Waals surface area contributed by atoms with Crippen molar-refractivity contribution in [2.24, 2.45) is 0 Å². The first kappa shape index (κ1) is 15.9. The Morgan fingerprint density at radius 3 is 2.58 bits per heavy atom. The molecule has 2 atom stereocenters. The zero-order chi connectivity index (χ0) is 14.1. The van der Waals surface area contributed by atoms with Crippen LogP contribution in [0.3, 0.4) is 0 Å². The first-order valence-electron chi connectivity index (χ1n) is 6.57. The SMILES string of the molecule is CCCC(O)CNCC(O)COc1ccccc1F. The van der Waals surface area contributed by atoms with Crippen LogP contribution in [0.5, 0.6) is 5.75 Å². The van der Waals surface area contributed by atoms with Gasteiger partial charge in [-0.3, -0.25) is 0 Å². The fourth-order valence-electron chi connectivity index (χ4n) is 1.66. The summed E-state index contributed by atoms with van der Waals surface area (Å²) in [5.41, 5.74) is 0. The Labute approximate surface area is 113 Å². The maximum Gasteiger partial charge on any atom is 0.165 e. The normalized spacial score (nSPS) is 14.1. The van der Waals surface area contributed by atoms with Crippen molar-refractivity contribution in [1.82, 2.24) is 5.32 Å². The lowest BCUT2D eigenvalue weighted by Gasteiger charge is -2.15. The summed E-state index contributed by atoms with van der Waals surface area (Å²) < 4.78 is 18.4. The fraction of sp³-hybridized carbons (Fsp3) is 0.571. The Kier molecular flexibility index (Phi) is 7.40. The highest BCUT2D eigenvalue weighted by Crippen LogP contribution is 2.15. The third-order valence-corrected chi connectivity index (χ3v) is 2.65. The molecular weight excluding hydrogens is 249 g/mol. The number of para-hydroxylation sites is 1. The number of hydrogen-bond acceptors (Lipinski definition) is 4. The Morgan fingerprint density at radius 1 is 1.21 bits per heavy atom. The van der Waals surface area contributed by atoms with Crippen LogP contribution in [0.1, 0.15) is 19.8 Å². The molecule has 19 heavy (non-hydrogen) atoms. The first-order chi connectivity index (χ1) is 9.13. The van der Waals surface area contributed by atoms with Gasteiger partial charge in [-0.05, 0) is 18.6 Å². The lowest BCUT2D eigenvalue weighted by Crippen LogP contribution is -2.35. The van der Waals surface area contributed by atoms with E-state index in [1.807, 2.05) is 6.92 Å². The lowest BCUT2D eigenvalue weighted by atomic mass is 10.2. The van der Waals surface area contributed by atoms with Gasteiger partial charge >= 0.3 is 0 Å². The van der Waals surface area contributed by atoms with E-state index in [9.17, 15) is 14.6 Å². The number of hydrogen-bond donors (Lipinski definition) is 3. The van der Waals surface area contributed by atoms with Gasteiger partial charge in [0.15, 0.2) is 11.6 Å². The maximum absolute atomic E-state index is 13.2. The van der Waals surface area contributed by atoms with Crippen LogP contribution < -0.4 is 10.1 Å². The predicted molar refractivity (Wildman–Crippen MR) is 71.7 cm³/mol. The zero-order valence-electron chi connectivity index (χ0n) is 11.2. The average molecular weight is 271 g/mol. The third-order valence-electron chi connectivity index (χ3n) is 2.65. The first-order valence-corrected chi connectivity index (χ1v) is 6.57. The van der Waals surface area contributed by atoms with Gasteiger partial charge in [-0.1, -0.05) is 25.5 Å². The molecule has 2 unspecified atom stereocenters. The van der Waals surface area contributed by atoms with E-state index in [4.69, 9.17) is 4.74 Å². The van der Waals surface area contributed by atoms with Gasteiger partial charge in [0.25, 0.3) is 0 Å². The van der Waals surface area contributed by atoms with Crippen molar-refractivity contribution in [1.29, 1.82) is 0 Å². The molecule has 1 aromatic rings. The minimum atomic E-state index is -0.742. The zero-order valence-corrected chi connectivity index (χ0v) is 11.2. The molecule has 0 aromatic heterocycles. The van der Waals surface area contributed by atoms with E-state index in [1.165, 1.54) is 12.1 Å². The maximum atomic E-state index is 13.2. The Morgan fingerprint density at radius 2 is 1.89 bits per heavy atom. The Hall–Kier alpha value is -1.17. The number of aliphatic hydroxyl groups is 2. The number of halogens is 1. The molecule has 0 saturated heterocycles. The molecule has 0 heterocycles. The van der Waals surface area contributed by atoms with Gasteiger partial charge in [0.2, 0.25) is 0 Å². The molecule has 108 valence electrons. The highest BCUT2D eigenvalue weighted by molar-refractivity contribution is 5.23. The van der Waals surface area contributed by atoms with Gasteiger partial charge in [0.05, 0.1) is 6.10 Å². The summed E-state index contributed by atoms with van der Waals surface area (Å²) in [4.78, 5) is 0. The van der Waals surface area contributed by atoms with Crippen molar-refractivity contribution in [2.75, 3.05) is 19.7 Å². The van der Waals surface area contributed by atoms with Gasteiger partial charge in [-0.25, -0.2) is 4.39 Å². The van der Waals surface area contributed by atoms with Crippen molar-refractivity contribution in [3.8, 4) is 5.75 Å². The van der Waals surface area contributed by atoms with Crippen LogP contribution in [-0.4, -0.2) is 42.1 Å². The molecule has 0 fully saturated rings. The van der Waals surface area contributed by atoms with E-state index in [0.29, 0.717) is 13.1 Å². The number of benzene rings is 1. The van der Waals surface area contributed by atoms with Gasteiger partial charge in [0.1, 0.15) is 12.7 Å². The fourth-order valence-corrected chi connectivity index (χ4v) is 1.66. The second-order valence-electron chi connectivity index (χ2n) is 4.50. The summed E-state index contributed by atoms with van der Waals surface area (Å²) in [5, 5.41) is 22.1. The number of nitrogens with one attached hydrogen (secondary N) is 1. The van der Waals surface area contributed by atoms with Gasteiger partial charge < -0.3 is 20.3 Å². The predicted octanol–water partition coefficient (Wildman–Crippen LogP) is 1.32. The summed E-state index contributed by atoms with van der Waals surface area (Å²) in [6.07, 6.45) is 0.509. The molecule has 0 spiro atoms. The van der Waals surface area contributed by atoms with Crippen molar-refractivity contribution >= 4 is 0 Å². The van der Waals surface area contributed by atoms with Crippen LogP contribution in [0.15, 0.2) is 24.3 Å². The minimum Gasteiger partial charge on any atom is -0.488 e. The molecule has 4 nitrogen and oxygen atoms in total. The van der Waals surface area contributed by atoms with E-state index in [0.717, 1.165) is 12.8 Å². The second-order valence-corrected chi connectivity index (χ2v) is 4.50. The molecule has 1 rings (SSSR count). The number of ether oxygens (including phenoxy) is 1. The summed E-state index contributed by atoms with van der Waals surface area (Å²) in [6.45, 7) is 2.75. The summed E-state index contributed by atoms with van der Waals surface area (Å²) >= 11 is 0. The monoisotopic (exact) mass is 271 g/mol. The molecule has 0 radical (unpaired) electrons. The highest BCUT2D eigenvalue weighted by atomic mass is 19.1. The largest absolute Gasteiger partial charge is 0.488 e. The van der Waals surface area contributed by atoms with E-state index in [1.54, 1.807) is 12.1 Å². The lowest BCUT2D eigenvalue weighted by molar-refractivity contribution is 0.0966. The van der Waals surface area contributed by atoms with Crippen LogP contribution in [0.2, 0.25) is 0 Å². The number of rotatable bonds is 9. The standard InChI is InChI=1S/C14H22FNO3/c1-2-5-11(17)8-16-9-12(18)10-19-14-7-4-3-6-13(14)15/h3-4,6-7,11-12,16-18H,2,5,8-10H2,1H3. The van der Waals surface area contributed by atoms with E-state index in [-0.39, 0.29) is 12.4 Å². The van der Waals surface area contributed by atoms with Crippen molar-refractivity contribution < 1.29 is 19.3 Å². The summed E-state index contributed by atoms with van der Waals surface area (Å²) in [5.74, 6) is -0.311. The van der Waals surface area contributed by atoms with Gasteiger partial charge in [-0.15, -0.1) is 0 Å². The van der Waals surface area contributed by atoms with Crippen LogP contribution in [0.4, 0.5) is 4.39 Å². The molecule has 0 amide bonds.